The van der Waals surface area contributed by atoms with Gasteiger partial charge in [0.15, 0.2) is 0 Å². The number of carbonyl (C=O) groups excluding carboxylic acids is 1. The standard InChI is InChI=1S/C9H18O4S/c1-7(2)6-13-9(11)8(3)14(12)5-4-10/h7-8,10H,4-6H2,1-3H3. The van der Waals surface area contributed by atoms with Gasteiger partial charge in [0, 0.05) is 16.6 Å². The Labute approximate surface area is 87.1 Å². The Morgan fingerprint density at radius 1 is 1.43 bits per heavy atom. The first-order valence-corrected chi connectivity index (χ1v) is 6.02. The summed E-state index contributed by atoms with van der Waals surface area (Å²) in [6.45, 7) is 5.59. The topological polar surface area (TPSA) is 63.6 Å². The molecule has 84 valence electrons. The van der Waals surface area contributed by atoms with Crippen molar-refractivity contribution < 1.29 is 18.8 Å². The van der Waals surface area contributed by atoms with Gasteiger partial charge in [0.2, 0.25) is 0 Å². The summed E-state index contributed by atoms with van der Waals surface area (Å²) >= 11 is 0. The quantitative estimate of drug-likeness (QED) is 0.657. The zero-order chi connectivity index (χ0) is 11.1. The molecule has 0 aromatic carbocycles. The molecular formula is C9H18O4S. The highest BCUT2D eigenvalue weighted by Gasteiger charge is 2.20. The third-order valence-corrected chi connectivity index (χ3v) is 3.14. The van der Waals surface area contributed by atoms with Gasteiger partial charge in [0.25, 0.3) is 0 Å². The van der Waals surface area contributed by atoms with E-state index in [0.717, 1.165) is 0 Å². The molecule has 0 saturated carbocycles. The Morgan fingerprint density at radius 3 is 2.43 bits per heavy atom. The first kappa shape index (κ1) is 13.6. The van der Waals surface area contributed by atoms with Crippen molar-refractivity contribution in [3.63, 3.8) is 0 Å². The lowest BCUT2D eigenvalue weighted by Gasteiger charge is -2.11. The first-order chi connectivity index (χ1) is 6.49. The van der Waals surface area contributed by atoms with Gasteiger partial charge in [-0.25, -0.2) is 0 Å². The molecule has 5 heteroatoms. The van der Waals surface area contributed by atoms with E-state index in [1.165, 1.54) is 0 Å². The predicted octanol–water partition coefficient (Wildman–Crippen LogP) is 0.315. The van der Waals surface area contributed by atoms with Crippen LogP contribution in [0.2, 0.25) is 0 Å². The Morgan fingerprint density at radius 2 is 2.00 bits per heavy atom. The molecule has 14 heavy (non-hydrogen) atoms. The molecule has 2 unspecified atom stereocenters. The van der Waals surface area contributed by atoms with E-state index < -0.39 is 22.0 Å². The molecule has 0 aliphatic heterocycles. The summed E-state index contributed by atoms with van der Waals surface area (Å²) in [5, 5.41) is 7.89. The second kappa shape index (κ2) is 6.95. The summed E-state index contributed by atoms with van der Waals surface area (Å²) in [5.74, 6) is -0.0549. The third-order valence-electron chi connectivity index (χ3n) is 1.58. The Balaban J connectivity index is 3.92. The fourth-order valence-electron chi connectivity index (χ4n) is 0.740. The van der Waals surface area contributed by atoms with Crippen molar-refractivity contribution in [1.29, 1.82) is 0 Å². The summed E-state index contributed by atoms with van der Waals surface area (Å²) in [6.07, 6.45) is 0. The van der Waals surface area contributed by atoms with Crippen LogP contribution in [0.25, 0.3) is 0 Å². The minimum Gasteiger partial charge on any atom is -0.465 e. The summed E-state index contributed by atoms with van der Waals surface area (Å²) in [6, 6.07) is 0. The molecule has 0 fully saturated rings. The molecule has 0 aromatic heterocycles. The molecule has 1 N–H and O–H groups in total. The van der Waals surface area contributed by atoms with Gasteiger partial charge < -0.3 is 9.84 Å². The van der Waals surface area contributed by atoms with Crippen molar-refractivity contribution in [3.05, 3.63) is 0 Å². The molecule has 2 atom stereocenters. The van der Waals surface area contributed by atoms with Crippen LogP contribution in [-0.4, -0.2) is 39.5 Å². The molecule has 0 aromatic rings. The van der Waals surface area contributed by atoms with E-state index in [1.807, 2.05) is 13.8 Å². The van der Waals surface area contributed by atoms with Crippen LogP contribution >= 0.6 is 0 Å². The highest BCUT2D eigenvalue weighted by Crippen LogP contribution is 2.01. The van der Waals surface area contributed by atoms with E-state index in [1.54, 1.807) is 6.92 Å². The van der Waals surface area contributed by atoms with Crippen LogP contribution in [0, 0.1) is 5.92 Å². The van der Waals surface area contributed by atoms with Gasteiger partial charge in [0.05, 0.1) is 13.2 Å². The van der Waals surface area contributed by atoms with Crippen LogP contribution in [-0.2, 0) is 20.3 Å². The minimum absolute atomic E-state index is 0.123. The minimum atomic E-state index is -1.33. The number of aliphatic hydroxyl groups is 1. The van der Waals surface area contributed by atoms with Crippen LogP contribution < -0.4 is 0 Å². The van der Waals surface area contributed by atoms with Gasteiger partial charge in [-0.3, -0.25) is 9.00 Å². The molecule has 0 spiro atoms. The third kappa shape index (κ3) is 5.34. The van der Waals surface area contributed by atoms with Gasteiger partial charge in [0.1, 0.15) is 5.25 Å². The Kier molecular flexibility index (Phi) is 6.74. The van der Waals surface area contributed by atoms with Crippen molar-refractivity contribution in [1.82, 2.24) is 0 Å². The molecule has 4 nitrogen and oxygen atoms in total. The molecule has 0 saturated heterocycles. The molecular weight excluding hydrogens is 204 g/mol. The number of rotatable bonds is 6. The zero-order valence-electron chi connectivity index (χ0n) is 8.86. The van der Waals surface area contributed by atoms with Crippen LogP contribution in [0.4, 0.5) is 0 Å². The van der Waals surface area contributed by atoms with Crippen molar-refractivity contribution >= 4 is 16.8 Å². The highest BCUT2D eigenvalue weighted by atomic mass is 32.2. The number of aliphatic hydroxyl groups excluding tert-OH is 1. The Hall–Kier alpha value is -0.420. The van der Waals surface area contributed by atoms with Crippen molar-refractivity contribution in [2.45, 2.75) is 26.0 Å². The van der Waals surface area contributed by atoms with Crippen LogP contribution in [0.3, 0.4) is 0 Å². The van der Waals surface area contributed by atoms with Crippen molar-refractivity contribution in [3.8, 4) is 0 Å². The van der Waals surface area contributed by atoms with Crippen LogP contribution in [0.15, 0.2) is 0 Å². The highest BCUT2D eigenvalue weighted by molar-refractivity contribution is 7.86. The van der Waals surface area contributed by atoms with Gasteiger partial charge in [-0.15, -0.1) is 0 Å². The maximum absolute atomic E-state index is 11.3. The summed E-state index contributed by atoms with van der Waals surface area (Å²) in [4.78, 5) is 11.3. The lowest BCUT2D eigenvalue weighted by atomic mass is 10.2. The van der Waals surface area contributed by atoms with Gasteiger partial charge in [-0.1, -0.05) is 13.8 Å². The molecule has 0 amide bonds. The number of carbonyl (C=O) groups is 1. The van der Waals surface area contributed by atoms with Crippen LogP contribution in [0.5, 0.6) is 0 Å². The summed E-state index contributed by atoms with van der Waals surface area (Å²) in [5.41, 5.74) is 0. The van der Waals surface area contributed by atoms with Gasteiger partial charge >= 0.3 is 5.97 Å². The SMILES string of the molecule is CC(C)COC(=O)C(C)S(=O)CCO. The van der Waals surface area contributed by atoms with E-state index >= 15 is 0 Å². The van der Waals surface area contributed by atoms with E-state index in [2.05, 4.69) is 0 Å². The van der Waals surface area contributed by atoms with E-state index in [4.69, 9.17) is 9.84 Å². The maximum atomic E-state index is 11.3. The maximum Gasteiger partial charge on any atom is 0.321 e. The number of ether oxygens (including phenoxy) is 1. The average Bonchev–Trinajstić information content (AvgIpc) is 2.13. The van der Waals surface area contributed by atoms with E-state index in [-0.39, 0.29) is 18.3 Å². The van der Waals surface area contributed by atoms with Gasteiger partial charge in [-0.2, -0.15) is 0 Å². The zero-order valence-corrected chi connectivity index (χ0v) is 9.67. The van der Waals surface area contributed by atoms with Crippen LogP contribution in [0.1, 0.15) is 20.8 Å². The summed E-state index contributed by atoms with van der Waals surface area (Å²) < 4.78 is 16.2. The largest absolute Gasteiger partial charge is 0.465 e. The molecule has 0 rings (SSSR count). The number of hydrogen-bond donors (Lipinski definition) is 1. The lowest BCUT2D eigenvalue weighted by molar-refractivity contribution is -0.143. The summed E-state index contributed by atoms with van der Waals surface area (Å²) in [7, 11) is -1.33. The molecule has 0 aliphatic rings. The average molecular weight is 222 g/mol. The second-order valence-corrected chi connectivity index (χ2v) is 5.35. The predicted molar refractivity (Wildman–Crippen MR) is 55.4 cm³/mol. The number of hydrogen-bond acceptors (Lipinski definition) is 4. The smallest absolute Gasteiger partial charge is 0.321 e. The fraction of sp³-hybridized carbons (Fsp3) is 0.889. The normalized spacial score (nSPS) is 15.2. The molecule has 0 aliphatic carbocycles. The van der Waals surface area contributed by atoms with E-state index in [0.29, 0.717) is 6.61 Å². The van der Waals surface area contributed by atoms with Gasteiger partial charge in [-0.05, 0) is 12.8 Å². The monoisotopic (exact) mass is 222 g/mol. The number of esters is 1. The second-order valence-electron chi connectivity index (χ2n) is 3.47. The lowest BCUT2D eigenvalue weighted by Crippen LogP contribution is -2.28. The first-order valence-electron chi connectivity index (χ1n) is 4.63. The molecule has 0 heterocycles. The van der Waals surface area contributed by atoms with Crippen molar-refractivity contribution in [2.75, 3.05) is 19.0 Å². The Bertz CT molecular complexity index is 203. The van der Waals surface area contributed by atoms with Crippen molar-refractivity contribution in [2.24, 2.45) is 5.92 Å². The molecule has 0 radical (unpaired) electrons. The molecule has 0 bridgehead atoms. The van der Waals surface area contributed by atoms with E-state index in [9.17, 15) is 9.00 Å². The fourth-order valence-corrected chi connectivity index (χ4v) is 1.56.